The predicted octanol–water partition coefficient (Wildman–Crippen LogP) is 5.64. The first kappa shape index (κ1) is 17.2. The van der Waals surface area contributed by atoms with Crippen molar-refractivity contribution in [2.24, 2.45) is 0 Å². The average Bonchev–Trinajstić information content (AvgIpc) is 2.48. The Bertz CT molecular complexity index is 685. The van der Waals surface area contributed by atoms with Crippen LogP contribution in [0.1, 0.15) is 30.0 Å². The van der Waals surface area contributed by atoms with Gasteiger partial charge in [0, 0.05) is 14.8 Å². The zero-order chi connectivity index (χ0) is 16.1. The first-order chi connectivity index (χ1) is 10.5. The van der Waals surface area contributed by atoms with Crippen LogP contribution < -0.4 is 10.1 Å². The van der Waals surface area contributed by atoms with Gasteiger partial charge in [-0.2, -0.15) is 0 Å². The van der Waals surface area contributed by atoms with Gasteiger partial charge in [-0.15, -0.1) is 0 Å². The van der Waals surface area contributed by atoms with E-state index in [1.54, 1.807) is 0 Å². The normalized spacial score (nSPS) is 10.4. The number of benzene rings is 2. The largest absolute Gasteiger partial charge is 0.489 e. The fourth-order valence-electron chi connectivity index (χ4n) is 2.16. The van der Waals surface area contributed by atoms with Crippen LogP contribution in [0.3, 0.4) is 0 Å². The van der Waals surface area contributed by atoms with Gasteiger partial charge in [0.25, 0.3) is 0 Å². The van der Waals surface area contributed by atoms with Crippen molar-refractivity contribution in [3.05, 3.63) is 56.7 Å². The minimum atomic E-state index is 0.523. The number of ether oxygens (including phenoxy) is 1. The van der Waals surface area contributed by atoms with E-state index in [9.17, 15) is 0 Å². The summed E-state index contributed by atoms with van der Waals surface area (Å²) in [7, 11) is 0. The molecule has 0 radical (unpaired) electrons. The molecule has 0 saturated heterocycles. The summed E-state index contributed by atoms with van der Waals surface area (Å²) >= 11 is 7.60. The molecule has 1 N–H and O–H groups in total. The molecule has 0 bridgehead atoms. The second kappa shape index (κ2) is 7.92. The number of aryl methyl sites for hydroxylation is 2. The summed E-state index contributed by atoms with van der Waals surface area (Å²) in [5, 5.41) is 3.30. The minimum Gasteiger partial charge on any atom is -0.489 e. The summed E-state index contributed by atoms with van der Waals surface area (Å²) in [6.07, 6.45) is 0.832. The molecule has 0 saturated carbocycles. The Balaban J connectivity index is 2.17. The summed E-state index contributed by atoms with van der Waals surface area (Å²) < 4.78 is 7.19. The Labute approximate surface area is 151 Å². The zero-order valence-electron chi connectivity index (χ0n) is 13.1. The summed E-state index contributed by atoms with van der Waals surface area (Å²) in [4.78, 5) is 0.842. The molecule has 0 aliphatic heterocycles. The van der Waals surface area contributed by atoms with Crippen molar-refractivity contribution in [2.45, 2.75) is 33.8 Å². The summed E-state index contributed by atoms with van der Waals surface area (Å²) in [5.74, 6) is 0.925. The van der Waals surface area contributed by atoms with Crippen LogP contribution in [0.15, 0.2) is 36.4 Å². The van der Waals surface area contributed by atoms with E-state index in [1.807, 2.05) is 13.0 Å². The quantitative estimate of drug-likeness (QED) is 0.495. The third kappa shape index (κ3) is 4.68. The molecule has 2 rings (SSSR count). The highest BCUT2D eigenvalue weighted by Gasteiger charge is 2.07. The van der Waals surface area contributed by atoms with Crippen LogP contribution in [-0.2, 0) is 6.61 Å². The van der Waals surface area contributed by atoms with E-state index in [4.69, 9.17) is 17.0 Å². The van der Waals surface area contributed by atoms with Gasteiger partial charge in [0.05, 0.1) is 4.99 Å². The molecule has 2 nitrogen and oxygen atoms in total. The number of halogens is 1. The van der Waals surface area contributed by atoms with Gasteiger partial charge >= 0.3 is 0 Å². The Morgan fingerprint density at radius 3 is 2.64 bits per heavy atom. The maximum Gasteiger partial charge on any atom is 0.122 e. The van der Waals surface area contributed by atoms with Crippen LogP contribution >= 0.6 is 34.8 Å². The molecule has 0 unspecified atom stereocenters. The van der Waals surface area contributed by atoms with E-state index in [2.05, 4.69) is 72.1 Å². The summed E-state index contributed by atoms with van der Waals surface area (Å²) in [5.41, 5.74) is 4.54. The van der Waals surface area contributed by atoms with Crippen LogP contribution in [0.25, 0.3) is 0 Å². The van der Waals surface area contributed by atoms with Crippen molar-refractivity contribution in [2.75, 3.05) is 5.32 Å². The maximum atomic E-state index is 6.00. The van der Waals surface area contributed by atoms with Gasteiger partial charge in [-0.05, 0) is 72.7 Å². The molecule has 0 heterocycles. The number of hydrogen-bond acceptors (Lipinski definition) is 2. The SMILES string of the molecule is CCC(=S)Nc1ccc(I)cc1COc1ccc(C)cc1C. The summed E-state index contributed by atoms with van der Waals surface area (Å²) in [6.45, 7) is 6.73. The molecule has 0 fully saturated rings. The van der Waals surface area contributed by atoms with Crippen LogP contribution in [0.5, 0.6) is 5.75 Å². The Kier molecular flexibility index (Phi) is 6.20. The molecule has 2 aromatic carbocycles. The second-order valence-corrected chi connectivity index (χ2v) is 7.00. The first-order valence-corrected chi connectivity index (χ1v) is 8.76. The van der Waals surface area contributed by atoms with Crippen LogP contribution in [-0.4, -0.2) is 4.99 Å². The number of anilines is 1. The first-order valence-electron chi connectivity index (χ1n) is 7.28. The molecule has 0 amide bonds. The van der Waals surface area contributed by atoms with E-state index in [1.165, 1.54) is 9.13 Å². The lowest BCUT2D eigenvalue weighted by molar-refractivity contribution is 0.304. The van der Waals surface area contributed by atoms with E-state index >= 15 is 0 Å². The van der Waals surface area contributed by atoms with Gasteiger partial charge in [0.2, 0.25) is 0 Å². The van der Waals surface area contributed by atoms with Crippen LogP contribution in [0.2, 0.25) is 0 Å². The van der Waals surface area contributed by atoms with Gasteiger partial charge < -0.3 is 10.1 Å². The predicted molar refractivity (Wildman–Crippen MR) is 106 cm³/mol. The van der Waals surface area contributed by atoms with E-state index in [-0.39, 0.29) is 0 Å². The molecular weight excluding hydrogens is 405 g/mol. The highest BCUT2D eigenvalue weighted by molar-refractivity contribution is 14.1. The van der Waals surface area contributed by atoms with Crippen molar-refractivity contribution in [1.82, 2.24) is 0 Å². The summed E-state index contributed by atoms with van der Waals surface area (Å²) in [6, 6.07) is 12.5. The molecule has 0 aliphatic carbocycles. The van der Waals surface area contributed by atoms with E-state index < -0.39 is 0 Å². The lowest BCUT2D eigenvalue weighted by Crippen LogP contribution is -2.10. The van der Waals surface area contributed by atoms with Gasteiger partial charge in [-0.25, -0.2) is 0 Å². The molecule has 0 aromatic heterocycles. The molecule has 116 valence electrons. The standard InChI is InChI=1S/C18H20INOS/c1-4-18(22)20-16-7-6-15(19)10-14(16)11-21-17-8-5-12(2)9-13(17)3/h5-10H,4,11H2,1-3H3,(H,20,22). The molecule has 0 spiro atoms. The Hall–Kier alpha value is -1.14. The zero-order valence-corrected chi connectivity index (χ0v) is 16.0. The lowest BCUT2D eigenvalue weighted by atomic mass is 10.1. The highest BCUT2D eigenvalue weighted by Crippen LogP contribution is 2.24. The number of rotatable bonds is 5. The van der Waals surface area contributed by atoms with Gasteiger partial charge in [0.1, 0.15) is 12.4 Å². The molecule has 22 heavy (non-hydrogen) atoms. The second-order valence-electron chi connectivity index (χ2n) is 5.26. The van der Waals surface area contributed by atoms with Crippen molar-refractivity contribution in [3.8, 4) is 5.75 Å². The lowest BCUT2D eigenvalue weighted by Gasteiger charge is -2.15. The molecular formula is C18H20INOS. The average molecular weight is 425 g/mol. The Morgan fingerprint density at radius 2 is 1.95 bits per heavy atom. The smallest absolute Gasteiger partial charge is 0.122 e. The fraction of sp³-hybridized carbons (Fsp3) is 0.278. The topological polar surface area (TPSA) is 21.3 Å². The van der Waals surface area contributed by atoms with Crippen molar-refractivity contribution >= 4 is 45.5 Å². The maximum absolute atomic E-state index is 6.00. The minimum absolute atomic E-state index is 0.523. The van der Waals surface area contributed by atoms with Crippen molar-refractivity contribution in [3.63, 3.8) is 0 Å². The molecule has 0 aliphatic rings. The van der Waals surface area contributed by atoms with Crippen LogP contribution in [0, 0.1) is 17.4 Å². The molecule has 0 atom stereocenters. The Morgan fingerprint density at radius 1 is 1.18 bits per heavy atom. The van der Waals surface area contributed by atoms with E-state index in [0.717, 1.165) is 34.0 Å². The number of hydrogen-bond donors (Lipinski definition) is 1. The molecule has 4 heteroatoms. The fourth-order valence-corrected chi connectivity index (χ4v) is 2.82. The monoisotopic (exact) mass is 425 g/mol. The van der Waals surface area contributed by atoms with Gasteiger partial charge in [-0.3, -0.25) is 0 Å². The third-order valence-electron chi connectivity index (χ3n) is 3.38. The van der Waals surface area contributed by atoms with Crippen LogP contribution in [0.4, 0.5) is 5.69 Å². The van der Waals surface area contributed by atoms with E-state index in [0.29, 0.717) is 6.61 Å². The van der Waals surface area contributed by atoms with Crippen molar-refractivity contribution < 1.29 is 4.74 Å². The van der Waals surface area contributed by atoms with Crippen molar-refractivity contribution in [1.29, 1.82) is 0 Å². The number of nitrogens with one attached hydrogen (secondary N) is 1. The highest BCUT2D eigenvalue weighted by atomic mass is 127. The number of thiocarbonyl (C=S) groups is 1. The van der Waals surface area contributed by atoms with Gasteiger partial charge in [-0.1, -0.05) is 36.8 Å². The third-order valence-corrected chi connectivity index (χ3v) is 4.44. The molecule has 2 aromatic rings. The van der Waals surface area contributed by atoms with Gasteiger partial charge in [0.15, 0.2) is 0 Å².